The molecule has 1 amide bonds. The number of aromatic nitrogens is 4. The molecular weight excluding hydrogens is 417 g/mol. The second kappa shape index (κ2) is 7.43. The minimum atomic E-state index is -0.947. The molecule has 1 unspecified atom stereocenters. The van der Waals surface area contributed by atoms with E-state index in [4.69, 9.17) is 0 Å². The minimum Gasteiger partial charge on any atom is -0.322 e. The van der Waals surface area contributed by atoms with Crippen LogP contribution in [0.4, 0.5) is 10.1 Å². The maximum Gasteiger partial charge on any atom is 0.267 e. The highest BCUT2D eigenvalue weighted by Crippen LogP contribution is 2.20. The van der Waals surface area contributed by atoms with Crippen LogP contribution in [0.3, 0.4) is 0 Å². The highest BCUT2D eigenvalue weighted by atomic mass is 79.9. The van der Waals surface area contributed by atoms with Crippen molar-refractivity contribution in [3.8, 4) is 5.82 Å². The molecule has 3 aromatic rings. The van der Waals surface area contributed by atoms with Gasteiger partial charge in [0.05, 0.1) is 11.4 Å². The van der Waals surface area contributed by atoms with Gasteiger partial charge in [0, 0.05) is 16.2 Å². The van der Waals surface area contributed by atoms with Crippen molar-refractivity contribution in [2.24, 2.45) is 0 Å². The van der Waals surface area contributed by atoms with E-state index in [1.165, 1.54) is 31.2 Å². The molecule has 0 saturated heterocycles. The Balaban J connectivity index is 1.90. The summed E-state index contributed by atoms with van der Waals surface area (Å²) < 4.78 is 17.1. The van der Waals surface area contributed by atoms with Gasteiger partial charge in [0.15, 0.2) is 5.82 Å². The van der Waals surface area contributed by atoms with Crippen LogP contribution in [0, 0.1) is 19.7 Å². The molecule has 0 aliphatic heterocycles. The Kier molecular flexibility index (Phi) is 5.22. The average Bonchev–Trinajstić information content (AvgIpc) is 2.95. The molecule has 7 nitrogen and oxygen atoms in total. The van der Waals surface area contributed by atoms with Crippen LogP contribution in [-0.4, -0.2) is 25.5 Å². The molecule has 2 aromatic heterocycles. The van der Waals surface area contributed by atoms with Crippen molar-refractivity contribution in [2.75, 3.05) is 5.32 Å². The van der Waals surface area contributed by atoms with Gasteiger partial charge in [0.25, 0.3) is 5.56 Å². The predicted octanol–water partition coefficient (Wildman–Crippen LogP) is 3.15. The third-order valence-electron chi connectivity index (χ3n) is 3.97. The van der Waals surface area contributed by atoms with Gasteiger partial charge >= 0.3 is 0 Å². The summed E-state index contributed by atoms with van der Waals surface area (Å²) in [5, 5.41) is 11.1. The van der Waals surface area contributed by atoms with E-state index in [0.29, 0.717) is 10.3 Å². The SMILES string of the molecule is Cc1cc(C)n(-c2ccc(=O)n(C(C)C(=O)Nc3ccc(Br)cc3F)n2)n1. The molecular formula is C18H17BrFN5O2. The number of aryl methyl sites for hydroxylation is 2. The van der Waals surface area contributed by atoms with Crippen LogP contribution < -0.4 is 10.9 Å². The monoisotopic (exact) mass is 433 g/mol. The fourth-order valence-corrected chi connectivity index (χ4v) is 2.94. The van der Waals surface area contributed by atoms with Gasteiger partial charge in [-0.1, -0.05) is 15.9 Å². The summed E-state index contributed by atoms with van der Waals surface area (Å²) in [5.74, 6) is -0.729. The lowest BCUT2D eigenvalue weighted by Gasteiger charge is -2.15. The number of carbonyl (C=O) groups is 1. The first-order valence-corrected chi connectivity index (χ1v) is 8.95. The van der Waals surface area contributed by atoms with Crippen LogP contribution >= 0.6 is 15.9 Å². The largest absolute Gasteiger partial charge is 0.322 e. The lowest BCUT2D eigenvalue weighted by molar-refractivity contribution is -0.119. The van der Waals surface area contributed by atoms with E-state index in [-0.39, 0.29) is 5.69 Å². The number of nitrogens with one attached hydrogen (secondary N) is 1. The zero-order valence-electron chi connectivity index (χ0n) is 14.9. The van der Waals surface area contributed by atoms with Crippen molar-refractivity contribution in [3.05, 3.63) is 68.4 Å². The molecule has 9 heteroatoms. The van der Waals surface area contributed by atoms with E-state index in [1.54, 1.807) is 10.7 Å². The van der Waals surface area contributed by atoms with Gasteiger partial charge in [-0.3, -0.25) is 9.59 Å². The van der Waals surface area contributed by atoms with Crippen LogP contribution in [0.25, 0.3) is 5.82 Å². The summed E-state index contributed by atoms with van der Waals surface area (Å²) in [6.07, 6.45) is 0. The fraction of sp³-hybridized carbons (Fsp3) is 0.222. The molecule has 0 bridgehead atoms. The molecule has 0 radical (unpaired) electrons. The van der Waals surface area contributed by atoms with E-state index in [0.717, 1.165) is 16.1 Å². The molecule has 0 fully saturated rings. The normalized spacial score (nSPS) is 12.0. The summed E-state index contributed by atoms with van der Waals surface area (Å²) in [7, 11) is 0. The van der Waals surface area contributed by atoms with Crippen molar-refractivity contribution in [2.45, 2.75) is 26.8 Å². The Morgan fingerprint density at radius 1 is 1.19 bits per heavy atom. The number of nitrogens with zero attached hydrogens (tertiary/aromatic N) is 4. The van der Waals surface area contributed by atoms with Gasteiger partial charge in [-0.15, -0.1) is 5.10 Å². The Morgan fingerprint density at radius 2 is 1.93 bits per heavy atom. The molecule has 1 N–H and O–H groups in total. The number of hydrogen-bond acceptors (Lipinski definition) is 4. The minimum absolute atomic E-state index is 0.0257. The highest BCUT2D eigenvalue weighted by molar-refractivity contribution is 9.10. The van der Waals surface area contributed by atoms with Crippen LogP contribution in [0.1, 0.15) is 24.4 Å². The number of hydrogen-bond donors (Lipinski definition) is 1. The van der Waals surface area contributed by atoms with Gasteiger partial charge in [0.1, 0.15) is 11.9 Å². The topological polar surface area (TPSA) is 81.8 Å². The molecule has 27 heavy (non-hydrogen) atoms. The van der Waals surface area contributed by atoms with Gasteiger partial charge in [-0.25, -0.2) is 13.8 Å². The number of benzene rings is 1. The number of halogens is 2. The van der Waals surface area contributed by atoms with E-state index in [2.05, 4.69) is 31.4 Å². The molecule has 2 heterocycles. The third-order valence-corrected chi connectivity index (χ3v) is 4.47. The quantitative estimate of drug-likeness (QED) is 0.684. The Morgan fingerprint density at radius 3 is 2.56 bits per heavy atom. The maximum atomic E-state index is 13.9. The summed E-state index contributed by atoms with van der Waals surface area (Å²) >= 11 is 3.16. The molecule has 3 rings (SSSR count). The number of amides is 1. The lowest BCUT2D eigenvalue weighted by atomic mass is 10.2. The average molecular weight is 434 g/mol. The van der Waals surface area contributed by atoms with E-state index in [1.807, 2.05) is 19.9 Å². The summed E-state index contributed by atoms with van der Waals surface area (Å²) in [6, 6.07) is 8.08. The Hall–Kier alpha value is -2.81. The standard InChI is InChI=1S/C18H17BrFN5O2/c1-10-8-11(2)24(22-10)16-6-7-17(26)25(23-16)12(3)18(27)21-15-5-4-13(19)9-14(15)20/h4-9,12H,1-3H3,(H,21,27). The van der Waals surface area contributed by atoms with Gasteiger partial charge in [0.2, 0.25) is 5.91 Å². The summed E-state index contributed by atoms with van der Waals surface area (Å²) in [5.41, 5.74) is 1.24. The van der Waals surface area contributed by atoms with Crippen molar-refractivity contribution in [3.63, 3.8) is 0 Å². The number of anilines is 1. The first-order chi connectivity index (χ1) is 12.8. The van der Waals surface area contributed by atoms with Crippen LogP contribution in [0.5, 0.6) is 0 Å². The second-order valence-electron chi connectivity index (χ2n) is 6.10. The second-order valence-corrected chi connectivity index (χ2v) is 7.02. The zero-order valence-corrected chi connectivity index (χ0v) is 16.5. The third kappa shape index (κ3) is 3.97. The number of rotatable bonds is 4. The van der Waals surface area contributed by atoms with Gasteiger partial charge in [-0.05, 0) is 51.1 Å². The Bertz CT molecular complexity index is 1080. The van der Waals surface area contributed by atoms with E-state index >= 15 is 0 Å². The molecule has 140 valence electrons. The van der Waals surface area contributed by atoms with Crippen molar-refractivity contribution in [1.29, 1.82) is 0 Å². The van der Waals surface area contributed by atoms with E-state index in [9.17, 15) is 14.0 Å². The van der Waals surface area contributed by atoms with Crippen LogP contribution in [0.2, 0.25) is 0 Å². The van der Waals surface area contributed by atoms with Crippen molar-refractivity contribution < 1.29 is 9.18 Å². The molecule has 0 aliphatic rings. The van der Waals surface area contributed by atoms with Crippen molar-refractivity contribution in [1.82, 2.24) is 19.6 Å². The van der Waals surface area contributed by atoms with Gasteiger partial charge in [-0.2, -0.15) is 5.10 Å². The molecule has 1 atom stereocenters. The predicted molar refractivity (Wildman–Crippen MR) is 103 cm³/mol. The van der Waals surface area contributed by atoms with Crippen LogP contribution in [-0.2, 0) is 4.79 Å². The van der Waals surface area contributed by atoms with E-state index < -0.39 is 23.3 Å². The van der Waals surface area contributed by atoms with Gasteiger partial charge < -0.3 is 5.32 Å². The Labute approximate surface area is 163 Å². The number of carbonyl (C=O) groups excluding carboxylic acids is 1. The summed E-state index contributed by atoms with van der Waals surface area (Å²) in [6.45, 7) is 5.23. The highest BCUT2D eigenvalue weighted by Gasteiger charge is 2.20. The first-order valence-electron chi connectivity index (χ1n) is 8.15. The molecule has 1 aromatic carbocycles. The molecule has 0 spiro atoms. The zero-order chi connectivity index (χ0) is 19.7. The smallest absolute Gasteiger partial charge is 0.267 e. The molecule has 0 aliphatic carbocycles. The van der Waals surface area contributed by atoms with Crippen LogP contribution in [0.15, 0.2) is 45.7 Å². The fourth-order valence-electron chi connectivity index (χ4n) is 2.61. The molecule has 0 saturated carbocycles. The first kappa shape index (κ1) is 19.0. The lowest BCUT2D eigenvalue weighted by Crippen LogP contribution is -2.34. The maximum absolute atomic E-state index is 13.9. The van der Waals surface area contributed by atoms with Crippen molar-refractivity contribution >= 4 is 27.5 Å². The summed E-state index contributed by atoms with van der Waals surface area (Å²) in [4.78, 5) is 24.7.